The van der Waals surface area contributed by atoms with Gasteiger partial charge in [-0.3, -0.25) is 4.90 Å². The molecule has 4 rings (SSSR count). The van der Waals surface area contributed by atoms with Gasteiger partial charge in [0.2, 0.25) is 0 Å². The molecule has 0 amide bonds. The van der Waals surface area contributed by atoms with Gasteiger partial charge in [0.1, 0.15) is 23.9 Å². The molecule has 0 unspecified atom stereocenters. The number of hydrogen-bond acceptors (Lipinski definition) is 6. The van der Waals surface area contributed by atoms with Gasteiger partial charge in [0.15, 0.2) is 0 Å². The molecule has 190 valence electrons. The number of rotatable bonds is 6. The number of nitrogens with zero attached hydrogens (tertiary/aromatic N) is 1. The molecule has 5 nitrogen and oxygen atoms in total. The number of aliphatic hydroxyl groups excluding tert-OH is 1. The highest BCUT2D eigenvalue weighted by Gasteiger charge is 2.14. The van der Waals surface area contributed by atoms with Gasteiger partial charge < -0.3 is 19.7 Å². The van der Waals surface area contributed by atoms with E-state index in [0.717, 1.165) is 47.5 Å². The summed E-state index contributed by atoms with van der Waals surface area (Å²) in [4.78, 5) is 3.60. The van der Waals surface area contributed by atoms with Crippen molar-refractivity contribution < 1.29 is 19.7 Å². The number of aryl methyl sites for hydroxylation is 1. The van der Waals surface area contributed by atoms with E-state index in [0.29, 0.717) is 17.9 Å². The highest BCUT2D eigenvalue weighted by molar-refractivity contribution is 8.03. The van der Waals surface area contributed by atoms with E-state index in [1.165, 1.54) is 25.9 Å². The van der Waals surface area contributed by atoms with Crippen LogP contribution in [0.3, 0.4) is 0 Å². The Balaban J connectivity index is 0.000000193. The number of hydrogen-bond donors (Lipinski definition) is 2. The second-order valence-electron chi connectivity index (χ2n) is 8.20. The molecule has 3 aliphatic rings. The minimum absolute atomic E-state index is 0.338. The van der Waals surface area contributed by atoms with Crippen molar-refractivity contribution >= 4 is 11.8 Å². The monoisotopic (exact) mass is 497 g/mol. The van der Waals surface area contributed by atoms with Gasteiger partial charge >= 0.3 is 0 Å². The molecule has 0 saturated carbocycles. The summed E-state index contributed by atoms with van der Waals surface area (Å²) in [6, 6.07) is 7.15. The van der Waals surface area contributed by atoms with Crippen LogP contribution in [-0.2, 0) is 9.47 Å². The van der Waals surface area contributed by atoms with Gasteiger partial charge in [0, 0.05) is 23.6 Å². The summed E-state index contributed by atoms with van der Waals surface area (Å²) < 4.78 is 11.1. The molecule has 0 bridgehead atoms. The van der Waals surface area contributed by atoms with Crippen molar-refractivity contribution in [3.63, 3.8) is 0 Å². The average molecular weight is 498 g/mol. The summed E-state index contributed by atoms with van der Waals surface area (Å²) in [6.45, 7) is 12.6. The predicted molar refractivity (Wildman–Crippen MR) is 147 cm³/mol. The standard InChI is InChI=1S/C13H21NO.C9H10O2S.C7H8O/c1-3-7-13(8-4-2)15-12-11-14-9-5-6-10-14;10-7-1-3-8-9(4-2-7)12-6-5-11-8;1-6-3-2-4-7(8)5-6/h3-4,7-8H,1,5-6,9-12H2,2H3;1,3-4,10H,2,5-6H2;2-5,8H,1H3/b8-4-,13-7+;;. The number of phenols is 1. The number of ether oxygens (including phenoxy) is 2. The first-order valence-corrected chi connectivity index (χ1v) is 13.1. The van der Waals surface area contributed by atoms with Crippen LogP contribution in [0.5, 0.6) is 5.75 Å². The molecule has 2 fully saturated rings. The fraction of sp³-hybridized carbons (Fsp3) is 0.379. The summed E-state index contributed by atoms with van der Waals surface area (Å²) in [7, 11) is 0. The Kier molecular flexibility index (Phi) is 13.6. The Morgan fingerprint density at radius 3 is 2.69 bits per heavy atom. The molecule has 6 heteroatoms. The van der Waals surface area contributed by atoms with Crippen LogP contribution in [0.25, 0.3) is 0 Å². The van der Waals surface area contributed by atoms with Crippen LogP contribution < -0.4 is 0 Å². The van der Waals surface area contributed by atoms with Crippen LogP contribution in [0, 0.1) is 6.92 Å². The van der Waals surface area contributed by atoms with E-state index in [9.17, 15) is 5.11 Å². The lowest BCUT2D eigenvalue weighted by atomic mass is 10.2. The van der Waals surface area contributed by atoms with E-state index in [-0.39, 0.29) is 0 Å². The quantitative estimate of drug-likeness (QED) is 0.333. The summed E-state index contributed by atoms with van der Waals surface area (Å²) in [6.07, 6.45) is 16.4. The molecule has 2 aliphatic heterocycles. The van der Waals surface area contributed by atoms with Gasteiger partial charge in [-0.25, -0.2) is 0 Å². The van der Waals surface area contributed by atoms with Crippen molar-refractivity contribution in [1.82, 2.24) is 4.90 Å². The van der Waals surface area contributed by atoms with Crippen molar-refractivity contribution in [3.05, 3.63) is 101 Å². The Morgan fingerprint density at radius 1 is 1.23 bits per heavy atom. The molecule has 0 aromatic heterocycles. The number of likely N-dealkylation sites (tertiary alicyclic amines) is 1. The van der Waals surface area contributed by atoms with E-state index in [4.69, 9.17) is 14.6 Å². The minimum Gasteiger partial charge on any atom is -0.512 e. The number of aliphatic hydroxyl groups is 1. The normalized spacial score (nSPS) is 17.8. The molecular weight excluding hydrogens is 458 g/mol. The lowest BCUT2D eigenvalue weighted by Gasteiger charge is -2.17. The molecule has 1 aliphatic carbocycles. The molecule has 0 radical (unpaired) electrons. The van der Waals surface area contributed by atoms with Gasteiger partial charge in [-0.1, -0.05) is 36.9 Å². The van der Waals surface area contributed by atoms with Crippen molar-refractivity contribution in [3.8, 4) is 5.75 Å². The lowest BCUT2D eigenvalue weighted by molar-refractivity contribution is 0.180. The smallest absolute Gasteiger partial charge is 0.132 e. The third-order valence-electron chi connectivity index (χ3n) is 5.25. The number of aromatic hydroxyl groups is 1. The summed E-state index contributed by atoms with van der Waals surface area (Å²) >= 11 is 1.79. The van der Waals surface area contributed by atoms with E-state index in [2.05, 4.69) is 11.5 Å². The fourth-order valence-corrected chi connectivity index (χ4v) is 4.39. The first-order chi connectivity index (χ1) is 17.0. The summed E-state index contributed by atoms with van der Waals surface area (Å²) in [5.41, 5.74) is 1.09. The van der Waals surface area contributed by atoms with Crippen LogP contribution in [0.4, 0.5) is 0 Å². The largest absolute Gasteiger partial charge is 0.512 e. The summed E-state index contributed by atoms with van der Waals surface area (Å²) in [5.74, 6) is 3.53. The zero-order chi connectivity index (χ0) is 25.3. The third-order valence-corrected chi connectivity index (χ3v) is 6.30. The number of benzene rings is 1. The Morgan fingerprint density at radius 2 is 2.03 bits per heavy atom. The van der Waals surface area contributed by atoms with E-state index < -0.39 is 0 Å². The van der Waals surface area contributed by atoms with Crippen LogP contribution >= 0.6 is 11.8 Å². The molecule has 1 aromatic rings. The fourth-order valence-electron chi connectivity index (χ4n) is 3.53. The molecule has 2 N–H and O–H groups in total. The molecule has 0 spiro atoms. The van der Waals surface area contributed by atoms with Gasteiger partial charge in [0.05, 0.1) is 12.4 Å². The van der Waals surface area contributed by atoms with E-state index >= 15 is 0 Å². The van der Waals surface area contributed by atoms with Crippen molar-refractivity contribution in [2.75, 3.05) is 38.6 Å². The zero-order valence-corrected chi connectivity index (χ0v) is 21.8. The van der Waals surface area contributed by atoms with E-state index in [1.54, 1.807) is 36.0 Å². The highest BCUT2D eigenvalue weighted by atomic mass is 32.2. The molecule has 35 heavy (non-hydrogen) atoms. The number of allylic oxidation sites excluding steroid dienone is 7. The van der Waals surface area contributed by atoms with Crippen molar-refractivity contribution in [2.24, 2.45) is 0 Å². The Hall–Kier alpha value is -2.83. The minimum atomic E-state index is 0.338. The van der Waals surface area contributed by atoms with Gasteiger partial charge in [0.25, 0.3) is 0 Å². The maximum atomic E-state index is 9.24. The van der Waals surface area contributed by atoms with Crippen LogP contribution in [-0.4, -0.2) is 53.7 Å². The maximum Gasteiger partial charge on any atom is 0.132 e. The number of thioether (sulfide) groups is 1. The van der Waals surface area contributed by atoms with Gasteiger partial charge in [-0.15, -0.1) is 11.8 Å². The predicted octanol–water partition coefficient (Wildman–Crippen LogP) is 6.81. The summed E-state index contributed by atoms with van der Waals surface area (Å²) in [5, 5.41) is 18.1. The number of fused-ring (bicyclic) bond motifs is 1. The molecule has 2 heterocycles. The highest BCUT2D eigenvalue weighted by Crippen LogP contribution is 2.31. The van der Waals surface area contributed by atoms with Crippen molar-refractivity contribution in [2.45, 2.75) is 33.1 Å². The molecule has 0 atom stereocenters. The lowest BCUT2D eigenvalue weighted by Crippen LogP contribution is -2.23. The first kappa shape index (κ1) is 28.4. The zero-order valence-electron chi connectivity index (χ0n) is 21.0. The van der Waals surface area contributed by atoms with Crippen LogP contribution in [0.1, 0.15) is 31.7 Å². The topological polar surface area (TPSA) is 62.2 Å². The Bertz CT molecular complexity index is 923. The van der Waals surface area contributed by atoms with Crippen LogP contribution in [0.15, 0.2) is 95.6 Å². The van der Waals surface area contributed by atoms with E-state index in [1.807, 2.05) is 56.4 Å². The molecular formula is C29H39NO4S. The van der Waals surface area contributed by atoms with Gasteiger partial charge in [-0.05, 0) is 81.8 Å². The molecule has 1 aromatic carbocycles. The second kappa shape index (κ2) is 16.7. The average Bonchev–Trinajstić information content (AvgIpc) is 3.29. The second-order valence-corrected chi connectivity index (χ2v) is 9.34. The molecule has 2 saturated heterocycles. The van der Waals surface area contributed by atoms with Crippen molar-refractivity contribution in [1.29, 1.82) is 0 Å². The van der Waals surface area contributed by atoms with Gasteiger partial charge in [-0.2, -0.15) is 0 Å². The number of phenolic OH excluding ortho intramolecular Hbond substituents is 1. The Labute approximate surface area is 214 Å². The van der Waals surface area contributed by atoms with Crippen LogP contribution in [0.2, 0.25) is 0 Å². The maximum absolute atomic E-state index is 9.24. The third kappa shape index (κ3) is 11.9. The first-order valence-electron chi connectivity index (χ1n) is 12.1. The SMILES string of the molecule is C=C/C=C(\C=C/C)OCCN1CCCC1.Cc1cccc(O)c1.OC1=CC=C2OCCSC2=CC1.